The molecule has 3 saturated heterocycles. The van der Waals surface area contributed by atoms with Gasteiger partial charge in [0.05, 0.1) is 10.6 Å². The molecule has 3 heterocycles. The molecule has 27 heavy (non-hydrogen) atoms. The highest BCUT2D eigenvalue weighted by atomic mass is 35.5. The zero-order valence-corrected chi connectivity index (χ0v) is 16.1. The topological polar surface area (TPSA) is 60.9 Å². The summed E-state index contributed by atoms with van der Waals surface area (Å²) in [4.78, 5) is 42.5. The van der Waals surface area contributed by atoms with Gasteiger partial charge in [-0.25, -0.2) is 0 Å². The lowest BCUT2D eigenvalue weighted by molar-refractivity contribution is -0.130. The maximum absolute atomic E-state index is 13.0. The van der Waals surface area contributed by atoms with Crippen LogP contribution in [-0.2, 0) is 9.59 Å². The summed E-state index contributed by atoms with van der Waals surface area (Å²) in [5.74, 6) is 0.234. The van der Waals surface area contributed by atoms with Crippen molar-refractivity contribution < 1.29 is 14.4 Å². The number of likely N-dealkylation sites (tertiary alicyclic amines) is 2. The van der Waals surface area contributed by atoms with Crippen LogP contribution in [0.4, 0.5) is 5.69 Å². The van der Waals surface area contributed by atoms with Gasteiger partial charge in [-0.3, -0.25) is 14.4 Å². The Morgan fingerprint density at radius 3 is 2.30 bits per heavy atom. The number of rotatable bonds is 3. The van der Waals surface area contributed by atoms with Crippen LogP contribution in [-0.4, -0.2) is 59.7 Å². The second kappa shape index (κ2) is 7.50. The molecule has 0 N–H and O–H groups in total. The van der Waals surface area contributed by atoms with E-state index in [2.05, 4.69) is 0 Å². The van der Waals surface area contributed by atoms with E-state index in [1.165, 1.54) is 0 Å². The first kappa shape index (κ1) is 18.3. The van der Waals surface area contributed by atoms with E-state index in [4.69, 9.17) is 11.6 Å². The molecule has 1 aromatic carbocycles. The second-order valence-electron chi connectivity index (χ2n) is 7.53. The summed E-state index contributed by atoms with van der Waals surface area (Å²) in [6.45, 7) is 2.77. The van der Waals surface area contributed by atoms with Gasteiger partial charge in [0.1, 0.15) is 0 Å². The van der Waals surface area contributed by atoms with Gasteiger partial charge >= 0.3 is 0 Å². The van der Waals surface area contributed by atoms with Gasteiger partial charge in [0.15, 0.2) is 0 Å². The molecule has 0 atom stereocenters. The Bertz CT molecular complexity index is 774. The highest BCUT2D eigenvalue weighted by Gasteiger charge is 2.33. The van der Waals surface area contributed by atoms with Crippen LogP contribution < -0.4 is 4.90 Å². The van der Waals surface area contributed by atoms with Crippen molar-refractivity contribution in [2.75, 3.05) is 31.1 Å². The molecule has 0 aliphatic carbocycles. The predicted molar refractivity (Wildman–Crippen MR) is 103 cm³/mol. The van der Waals surface area contributed by atoms with Crippen LogP contribution in [0, 0.1) is 0 Å². The first-order valence-electron chi connectivity index (χ1n) is 9.73. The van der Waals surface area contributed by atoms with Crippen molar-refractivity contribution in [1.29, 1.82) is 0 Å². The van der Waals surface area contributed by atoms with Crippen LogP contribution in [0.25, 0.3) is 0 Å². The third kappa shape index (κ3) is 3.55. The number of halogens is 1. The van der Waals surface area contributed by atoms with E-state index in [-0.39, 0.29) is 23.8 Å². The number of hydrogen-bond donors (Lipinski definition) is 0. The number of nitrogens with zero attached hydrogens (tertiary/aromatic N) is 3. The van der Waals surface area contributed by atoms with Crippen LogP contribution in [0.1, 0.15) is 48.9 Å². The zero-order chi connectivity index (χ0) is 19.0. The smallest absolute Gasteiger partial charge is 0.255 e. The molecule has 0 spiro atoms. The molecule has 3 aliphatic heterocycles. The van der Waals surface area contributed by atoms with E-state index in [0.29, 0.717) is 43.1 Å². The van der Waals surface area contributed by atoms with E-state index in [9.17, 15) is 14.4 Å². The quantitative estimate of drug-likeness (QED) is 0.798. The normalized spacial score (nSPS) is 21.4. The summed E-state index contributed by atoms with van der Waals surface area (Å²) < 4.78 is 0. The molecule has 1 aromatic rings. The molecular formula is C20H24ClN3O3. The SMILES string of the molecule is O=C(c1cc(N2CCCC2=O)ccc1Cl)N1CCC(N2CCCC2=O)CC1. The van der Waals surface area contributed by atoms with Crippen molar-refractivity contribution in [2.45, 2.75) is 44.6 Å². The maximum Gasteiger partial charge on any atom is 0.255 e. The fourth-order valence-corrected chi connectivity index (χ4v) is 4.57. The fourth-order valence-electron chi connectivity index (χ4n) is 4.37. The minimum absolute atomic E-state index is 0.0896. The Morgan fingerprint density at radius 1 is 0.963 bits per heavy atom. The van der Waals surface area contributed by atoms with Gasteiger partial charge in [-0.15, -0.1) is 0 Å². The summed E-state index contributed by atoms with van der Waals surface area (Å²) >= 11 is 6.30. The van der Waals surface area contributed by atoms with Crippen LogP contribution in [0.5, 0.6) is 0 Å². The highest BCUT2D eigenvalue weighted by molar-refractivity contribution is 6.34. The van der Waals surface area contributed by atoms with Crippen molar-refractivity contribution in [3.05, 3.63) is 28.8 Å². The third-order valence-electron chi connectivity index (χ3n) is 5.87. The largest absolute Gasteiger partial charge is 0.340 e. The Hall–Kier alpha value is -2.08. The van der Waals surface area contributed by atoms with Crippen LogP contribution in [0.15, 0.2) is 18.2 Å². The van der Waals surface area contributed by atoms with E-state index in [1.54, 1.807) is 23.1 Å². The molecule has 3 aliphatic rings. The van der Waals surface area contributed by atoms with Gasteiger partial charge < -0.3 is 14.7 Å². The fraction of sp³-hybridized carbons (Fsp3) is 0.550. The Morgan fingerprint density at radius 2 is 1.67 bits per heavy atom. The van der Waals surface area contributed by atoms with Crippen molar-refractivity contribution >= 4 is 35.0 Å². The Labute approximate surface area is 164 Å². The molecule has 3 fully saturated rings. The summed E-state index contributed by atoms with van der Waals surface area (Å²) in [5.41, 5.74) is 1.19. The maximum atomic E-state index is 13.0. The Balaban J connectivity index is 1.45. The number of hydrogen-bond acceptors (Lipinski definition) is 3. The van der Waals surface area contributed by atoms with Gasteiger partial charge in [-0.1, -0.05) is 11.6 Å². The lowest BCUT2D eigenvalue weighted by Crippen LogP contribution is -2.47. The van der Waals surface area contributed by atoms with Gasteiger partial charge in [-0.05, 0) is 43.9 Å². The summed E-state index contributed by atoms with van der Waals surface area (Å²) in [6.07, 6.45) is 4.59. The first-order valence-corrected chi connectivity index (χ1v) is 10.1. The third-order valence-corrected chi connectivity index (χ3v) is 6.20. The number of amides is 3. The average Bonchev–Trinajstić information content (AvgIpc) is 3.30. The monoisotopic (exact) mass is 389 g/mol. The predicted octanol–water partition coefficient (Wildman–Crippen LogP) is 2.69. The van der Waals surface area contributed by atoms with Crippen molar-refractivity contribution in [2.24, 2.45) is 0 Å². The zero-order valence-electron chi connectivity index (χ0n) is 15.3. The molecule has 0 radical (unpaired) electrons. The molecular weight excluding hydrogens is 366 g/mol. The van der Waals surface area contributed by atoms with Crippen molar-refractivity contribution in [3.8, 4) is 0 Å². The van der Waals surface area contributed by atoms with E-state index in [1.807, 2.05) is 9.80 Å². The molecule has 0 aromatic heterocycles. The molecule has 3 amide bonds. The number of anilines is 1. The molecule has 0 bridgehead atoms. The number of carbonyl (C=O) groups excluding carboxylic acids is 3. The summed E-state index contributed by atoms with van der Waals surface area (Å²) in [6, 6.07) is 5.48. The van der Waals surface area contributed by atoms with Gasteiger partial charge in [0.25, 0.3) is 5.91 Å². The standard InChI is InChI=1S/C20H24ClN3O3/c21-17-6-5-15(24-10-2-4-19(24)26)13-16(17)20(27)22-11-7-14(8-12-22)23-9-1-3-18(23)25/h5-6,13-14H,1-4,7-12H2. The van der Waals surface area contributed by atoms with E-state index < -0.39 is 0 Å². The van der Waals surface area contributed by atoms with Gasteiger partial charge in [0.2, 0.25) is 11.8 Å². The molecule has 7 heteroatoms. The van der Waals surface area contributed by atoms with Crippen LogP contribution in [0.3, 0.4) is 0 Å². The van der Waals surface area contributed by atoms with Crippen molar-refractivity contribution in [3.63, 3.8) is 0 Å². The van der Waals surface area contributed by atoms with Crippen LogP contribution in [0.2, 0.25) is 5.02 Å². The minimum Gasteiger partial charge on any atom is -0.340 e. The number of carbonyl (C=O) groups is 3. The van der Waals surface area contributed by atoms with Crippen LogP contribution >= 0.6 is 11.6 Å². The molecule has 4 rings (SSSR count). The van der Waals surface area contributed by atoms with Gasteiger partial charge in [0, 0.05) is 50.7 Å². The van der Waals surface area contributed by atoms with Gasteiger partial charge in [-0.2, -0.15) is 0 Å². The van der Waals surface area contributed by atoms with E-state index >= 15 is 0 Å². The number of benzene rings is 1. The van der Waals surface area contributed by atoms with Crippen molar-refractivity contribution in [1.82, 2.24) is 9.80 Å². The molecule has 0 saturated carbocycles. The Kier molecular flexibility index (Phi) is 5.08. The highest BCUT2D eigenvalue weighted by Crippen LogP contribution is 2.29. The lowest BCUT2D eigenvalue weighted by atomic mass is 10.0. The number of piperidine rings is 1. The molecule has 144 valence electrons. The molecule has 6 nitrogen and oxygen atoms in total. The lowest BCUT2D eigenvalue weighted by Gasteiger charge is -2.37. The second-order valence-corrected chi connectivity index (χ2v) is 7.93. The van der Waals surface area contributed by atoms with E-state index in [0.717, 1.165) is 37.9 Å². The summed E-state index contributed by atoms with van der Waals surface area (Å²) in [5, 5.41) is 0.409. The summed E-state index contributed by atoms with van der Waals surface area (Å²) in [7, 11) is 0. The first-order chi connectivity index (χ1) is 13.0. The molecule has 0 unspecified atom stereocenters. The average molecular weight is 390 g/mol. The minimum atomic E-state index is -0.0975.